The molecule has 0 atom stereocenters. The number of ether oxygens (including phenoxy) is 2. The lowest BCUT2D eigenvalue weighted by Gasteiger charge is -2.27. The van der Waals surface area contributed by atoms with E-state index >= 15 is 0 Å². The van der Waals surface area contributed by atoms with Crippen molar-refractivity contribution in [1.29, 1.82) is 5.26 Å². The summed E-state index contributed by atoms with van der Waals surface area (Å²) in [7, 11) is 0. The number of rotatable bonds is 5. The van der Waals surface area contributed by atoms with E-state index in [-0.39, 0.29) is 6.42 Å². The van der Waals surface area contributed by atoms with Gasteiger partial charge in [0.2, 0.25) is 0 Å². The van der Waals surface area contributed by atoms with E-state index in [9.17, 15) is 4.79 Å². The molecule has 1 amide bonds. The average Bonchev–Trinajstić information content (AvgIpc) is 2.39. The lowest BCUT2D eigenvalue weighted by Crippen LogP contribution is -2.37. The molecule has 0 bridgehead atoms. The maximum absolute atomic E-state index is 12.2. The third-order valence-electron chi connectivity index (χ3n) is 2.52. The molecule has 0 aromatic heterocycles. The number of nitrogens with zero attached hydrogens (tertiary/aromatic N) is 2. The number of anilines is 1. The Balaban J connectivity index is 2.91. The van der Waals surface area contributed by atoms with Crippen molar-refractivity contribution >= 4 is 11.8 Å². The third kappa shape index (κ3) is 5.74. The molecule has 0 heterocycles. The number of hydrogen-bond acceptors (Lipinski definition) is 4. The monoisotopic (exact) mass is 290 g/mol. The first-order chi connectivity index (χ1) is 9.87. The lowest BCUT2D eigenvalue weighted by atomic mass is 10.2. The van der Waals surface area contributed by atoms with Crippen LogP contribution in [0, 0.1) is 11.3 Å². The molecule has 5 heteroatoms. The Morgan fingerprint density at radius 2 is 1.90 bits per heavy atom. The highest BCUT2D eigenvalue weighted by Gasteiger charge is 2.23. The molecular weight excluding hydrogens is 268 g/mol. The molecule has 0 unspecified atom stereocenters. The van der Waals surface area contributed by atoms with Gasteiger partial charge in [0.05, 0.1) is 19.1 Å². The predicted octanol–water partition coefficient (Wildman–Crippen LogP) is 3.74. The van der Waals surface area contributed by atoms with Crippen molar-refractivity contribution in [3.63, 3.8) is 0 Å². The summed E-state index contributed by atoms with van der Waals surface area (Å²) in [6, 6.07) is 9.20. The maximum Gasteiger partial charge on any atom is 0.414 e. The number of nitriles is 1. The van der Waals surface area contributed by atoms with E-state index < -0.39 is 11.7 Å². The summed E-state index contributed by atoms with van der Waals surface area (Å²) in [5.41, 5.74) is 0.107. The van der Waals surface area contributed by atoms with Crippen LogP contribution in [-0.4, -0.2) is 24.8 Å². The zero-order valence-electron chi connectivity index (χ0n) is 13.0. The summed E-state index contributed by atoms with van der Waals surface area (Å²) in [6.45, 7) is 8.22. The molecule has 1 aromatic carbocycles. The van der Waals surface area contributed by atoms with Gasteiger partial charge >= 0.3 is 6.09 Å². The fourth-order valence-electron chi connectivity index (χ4n) is 1.69. The standard InChI is InChI=1S/C16H22N2O3/c1-5-20-14-9-7-13(8-10-14)18(12-6-11-17)15(19)21-16(2,3)4/h7-10H,5-6,12H2,1-4H3. The highest BCUT2D eigenvalue weighted by molar-refractivity contribution is 5.88. The second-order valence-corrected chi connectivity index (χ2v) is 5.47. The Labute approximate surface area is 126 Å². The summed E-state index contributed by atoms with van der Waals surface area (Å²) in [5.74, 6) is 0.741. The smallest absolute Gasteiger partial charge is 0.414 e. The molecule has 0 aliphatic heterocycles. The molecule has 0 saturated heterocycles. The van der Waals surface area contributed by atoms with Gasteiger partial charge in [-0.15, -0.1) is 0 Å². The van der Waals surface area contributed by atoms with E-state index in [1.807, 2.05) is 33.8 Å². The summed E-state index contributed by atoms with van der Waals surface area (Å²) in [4.78, 5) is 13.7. The molecule has 0 fully saturated rings. The quantitative estimate of drug-likeness (QED) is 0.828. The number of carbonyl (C=O) groups excluding carboxylic acids is 1. The predicted molar refractivity (Wildman–Crippen MR) is 81.4 cm³/mol. The molecule has 5 nitrogen and oxygen atoms in total. The molecule has 0 spiro atoms. The van der Waals surface area contributed by atoms with Gasteiger partial charge in [0.15, 0.2) is 0 Å². The number of carbonyl (C=O) groups is 1. The Bertz CT molecular complexity index is 498. The van der Waals surface area contributed by atoms with E-state index in [2.05, 4.69) is 0 Å². The van der Waals surface area contributed by atoms with E-state index in [4.69, 9.17) is 14.7 Å². The Morgan fingerprint density at radius 3 is 2.38 bits per heavy atom. The van der Waals surface area contributed by atoms with Crippen molar-refractivity contribution in [3.05, 3.63) is 24.3 Å². The molecule has 0 radical (unpaired) electrons. The van der Waals surface area contributed by atoms with Crippen LogP contribution in [0.2, 0.25) is 0 Å². The van der Waals surface area contributed by atoms with Crippen LogP contribution in [0.3, 0.4) is 0 Å². The second kappa shape index (κ2) is 7.53. The summed E-state index contributed by atoms with van der Waals surface area (Å²) < 4.78 is 10.8. The van der Waals surface area contributed by atoms with Crippen molar-refractivity contribution in [1.82, 2.24) is 0 Å². The van der Waals surface area contributed by atoms with Crippen LogP contribution >= 0.6 is 0 Å². The van der Waals surface area contributed by atoms with Crippen LogP contribution in [0.25, 0.3) is 0 Å². The van der Waals surface area contributed by atoms with Crippen LogP contribution < -0.4 is 9.64 Å². The number of hydrogen-bond donors (Lipinski definition) is 0. The molecule has 114 valence electrons. The third-order valence-corrected chi connectivity index (χ3v) is 2.52. The fraction of sp³-hybridized carbons (Fsp3) is 0.500. The zero-order valence-corrected chi connectivity index (χ0v) is 13.0. The van der Waals surface area contributed by atoms with Gasteiger partial charge < -0.3 is 9.47 Å². The molecule has 1 rings (SSSR count). The van der Waals surface area contributed by atoms with Gasteiger partial charge in [-0.2, -0.15) is 5.26 Å². The first-order valence-electron chi connectivity index (χ1n) is 6.97. The summed E-state index contributed by atoms with van der Waals surface area (Å²) in [5, 5.41) is 8.74. The van der Waals surface area contributed by atoms with Gasteiger partial charge in [0.25, 0.3) is 0 Å². The molecule has 0 aliphatic carbocycles. The number of benzene rings is 1. The van der Waals surface area contributed by atoms with E-state index in [0.29, 0.717) is 18.8 Å². The van der Waals surface area contributed by atoms with Gasteiger partial charge in [-0.3, -0.25) is 4.90 Å². The van der Waals surface area contributed by atoms with Crippen molar-refractivity contribution in [2.24, 2.45) is 0 Å². The maximum atomic E-state index is 12.2. The van der Waals surface area contributed by atoms with Crippen LogP contribution in [0.4, 0.5) is 10.5 Å². The molecular formula is C16H22N2O3. The van der Waals surface area contributed by atoms with Crippen molar-refractivity contribution < 1.29 is 14.3 Å². The largest absolute Gasteiger partial charge is 0.494 e. The SMILES string of the molecule is CCOc1ccc(N(CCC#N)C(=O)OC(C)(C)C)cc1. The van der Waals surface area contributed by atoms with E-state index in [1.54, 1.807) is 24.3 Å². The first kappa shape index (κ1) is 16.8. The van der Waals surface area contributed by atoms with E-state index in [0.717, 1.165) is 5.75 Å². The minimum atomic E-state index is -0.576. The topological polar surface area (TPSA) is 62.6 Å². The Hall–Kier alpha value is -2.22. The van der Waals surface area contributed by atoms with Crippen molar-refractivity contribution in [2.75, 3.05) is 18.1 Å². The highest BCUT2D eigenvalue weighted by Crippen LogP contribution is 2.22. The summed E-state index contributed by atoms with van der Waals surface area (Å²) >= 11 is 0. The normalized spacial score (nSPS) is 10.6. The first-order valence-corrected chi connectivity index (χ1v) is 6.97. The highest BCUT2D eigenvalue weighted by atomic mass is 16.6. The minimum Gasteiger partial charge on any atom is -0.494 e. The van der Waals surface area contributed by atoms with E-state index in [1.165, 1.54) is 4.90 Å². The van der Waals surface area contributed by atoms with Crippen molar-refractivity contribution in [2.45, 2.75) is 39.7 Å². The van der Waals surface area contributed by atoms with Gasteiger partial charge in [-0.1, -0.05) is 0 Å². The zero-order chi connectivity index (χ0) is 15.9. The van der Waals surface area contributed by atoms with Gasteiger partial charge in [-0.25, -0.2) is 4.79 Å². The minimum absolute atomic E-state index is 0.243. The Morgan fingerprint density at radius 1 is 1.29 bits per heavy atom. The van der Waals surface area contributed by atoms with Crippen LogP contribution in [0.15, 0.2) is 24.3 Å². The molecule has 0 N–H and O–H groups in total. The van der Waals surface area contributed by atoms with Crippen LogP contribution in [-0.2, 0) is 4.74 Å². The van der Waals surface area contributed by atoms with Crippen LogP contribution in [0.1, 0.15) is 34.1 Å². The molecule has 0 saturated carbocycles. The van der Waals surface area contributed by atoms with Gasteiger partial charge in [-0.05, 0) is 52.0 Å². The van der Waals surface area contributed by atoms with Gasteiger partial charge in [0, 0.05) is 12.2 Å². The molecule has 21 heavy (non-hydrogen) atoms. The average molecular weight is 290 g/mol. The number of amides is 1. The van der Waals surface area contributed by atoms with Crippen LogP contribution in [0.5, 0.6) is 5.75 Å². The second-order valence-electron chi connectivity index (χ2n) is 5.47. The fourth-order valence-corrected chi connectivity index (χ4v) is 1.69. The Kier molecular flexibility index (Phi) is 6.04. The molecule has 0 aliphatic rings. The lowest BCUT2D eigenvalue weighted by molar-refractivity contribution is 0.0581. The molecule has 1 aromatic rings. The summed E-state index contributed by atoms with van der Waals surface area (Å²) in [6.07, 6.45) is -0.214. The van der Waals surface area contributed by atoms with Crippen molar-refractivity contribution in [3.8, 4) is 11.8 Å². The van der Waals surface area contributed by atoms with Gasteiger partial charge in [0.1, 0.15) is 11.4 Å².